The smallest absolute Gasteiger partial charge is 0.339 e. The number of anilines is 1. The monoisotopic (exact) mass is 290 g/mol. The minimum absolute atomic E-state index is 0.273. The number of nitrogens with one attached hydrogen (secondary N) is 2. The third-order valence-corrected chi connectivity index (χ3v) is 2.80. The maximum Gasteiger partial charge on any atom is 0.339 e. The van der Waals surface area contributed by atoms with Gasteiger partial charge in [0.05, 0.1) is 12.7 Å². The van der Waals surface area contributed by atoms with E-state index in [1.54, 1.807) is 19.4 Å². The van der Waals surface area contributed by atoms with Crippen LogP contribution in [0.2, 0.25) is 0 Å². The number of aromatic hydroxyl groups is 1. The molecule has 0 aliphatic rings. The van der Waals surface area contributed by atoms with Crippen molar-refractivity contribution >= 4 is 17.7 Å². The van der Waals surface area contributed by atoms with Crippen molar-refractivity contribution in [3.05, 3.63) is 41.7 Å². The average Bonchev–Trinajstić information content (AvgIpc) is 2.93. The molecule has 0 saturated carbocycles. The zero-order valence-corrected chi connectivity index (χ0v) is 11.2. The van der Waals surface area contributed by atoms with E-state index in [0.29, 0.717) is 6.54 Å². The lowest BCUT2D eigenvalue weighted by atomic mass is 10.2. The van der Waals surface area contributed by atoms with Gasteiger partial charge in [-0.1, -0.05) is 0 Å². The number of carboxylic acid groups (broad SMARTS) is 1. The summed E-state index contributed by atoms with van der Waals surface area (Å²) in [5, 5.41) is 27.3. The SMILES string of the molecule is CN(Cc1cn[nH]c1)C(=O)Nc1ccc(O)c(C(=O)O)c1. The van der Waals surface area contributed by atoms with Gasteiger partial charge in [-0.2, -0.15) is 5.10 Å². The van der Waals surface area contributed by atoms with Crippen molar-refractivity contribution in [1.29, 1.82) is 0 Å². The number of benzene rings is 1. The maximum absolute atomic E-state index is 12.0. The van der Waals surface area contributed by atoms with Crippen molar-refractivity contribution in [2.75, 3.05) is 12.4 Å². The Hall–Kier alpha value is -3.03. The molecule has 1 aromatic heterocycles. The molecule has 0 radical (unpaired) electrons. The summed E-state index contributed by atoms with van der Waals surface area (Å²) < 4.78 is 0. The van der Waals surface area contributed by atoms with Gasteiger partial charge in [0.1, 0.15) is 11.3 Å². The number of nitrogens with zero attached hydrogens (tertiary/aromatic N) is 2. The number of aromatic carboxylic acids is 1. The summed E-state index contributed by atoms with van der Waals surface area (Å²) in [6.07, 6.45) is 3.28. The third kappa shape index (κ3) is 3.50. The molecule has 8 nitrogen and oxygen atoms in total. The first-order valence-corrected chi connectivity index (χ1v) is 6.03. The fourth-order valence-electron chi connectivity index (χ4n) is 1.71. The van der Waals surface area contributed by atoms with Gasteiger partial charge in [-0.05, 0) is 18.2 Å². The number of H-pyrrole nitrogens is 1. The van der Waals surface area contributed by atoms with Crippen molar-refractivity contribution in [2.45, 2.75) is 6.54 Å². The highest BCUT2D eigenvalue weighted by Crippen LogP contribution is 2.21. The Morgan fingerprint density at radius 2 is 2.19 bits per heavy atom. The topological polar surface area (TPSA) is 119 Å². The Bertz CT molecular complexity index is 654. The highest BCUT2D eigenvalue weighted by atomic mass is 16.4. The van der Waals surface area contributed by atoms with Crippen LogP contribution in [0.5, 0.6) is 5.75 Å². The van der Waals surface area contributed by atoms with Gasteiger partial charge in [-0.15, -0.1) is 0 Å². The molecule has 8 heteroatoms. The molecule has 2 rings (SSSR count). The zero-order chi connectivity index (χ0) is 15.4. The number of rotatable bonds is 4. The molecule has 110 valence electrons. The van der Waals surface area contributed by atoms with E-state index >= 15 is 0 Å². The van der Waals surface area contributed by atoms with Crippen LogP contribution in [0.25, 0.3) is 0 Å². The third-order valence-electron chi connectivity index (χ3n) is 2.80. The predicted octanol–water partition coefficient (Wildman–Crippen LogP) is 1.48. The van der Waals surface area contributed by atoms with E-state index in [1.807, 2.05) is 0 Å². The molecule has 0 spiro atoms. The van der Waals surface area contributed by atoms with Crippen LogP contribution in [-0.4, -0.2) is 44.4 Å². The predicted molar refractivity (Wildman–Crippen MR) is 74.1 cm³/mol. The number of phenols is 1. The van der Waals surface area contributed by atoms with Gasteiger partial charge in [0.25, 0.3) is 0 Å². The first kappa shape index (κ1) is 14.4. The molecule has 1 aromatic carbocycles. The summed E-state index contributed by atoms with van der Waals surface area (Å²) in [6, 6.07) is 3.43. The minimum Gasteiger partial charge on any atom is -0.507 e. The summed E-state index contributed by atoms with van der Waals surface area (Å²) in [4.78, 5) is 24.3. The summed E-state index contributed by atoms with van der Waals surface area (Å²) in [6.45, 7) is 0.353. The second-order valence-corrected chi connectivity index (χ2v) is 4.43. The van der Waals surface area contributed by atoms with Crippen LogP contribution >= 0.6 is 0 Å². The van der Waals surface area contributed by atoms with Gasteiger partial charge in [0, 0.05) is 24.5 Å². The Balaban J connectivity index is 2.05. The molecule has 2 aromatic rings. The molecule has 0 aliphatic heterocycles. The molecular weight excluding hydrogens is 276 g/mol. The van der Waals surface area contributed by atoms with Crippen molar-refractivity contribution in [1.82, 2.24) is 15.1 Å². The quantitative estimate of drug-likeness (QED) is 0.636. The minimum atomic E-state index is -1.27. The van der Waals surface area contributed by atoms with Crippen LogP contribution in [0, 0.1) is 0 Å². The molecule has 1 heterocycles. The summed E-state index contributed by atoms with van der Waals surface area (Å²) >= 11 is 0. The maximum atomic E-state index is 12.0. The summed E-state index contributed by atoms with van der Waals surface area (Å²) in [7, 11) is 1.60. The van der Waals surface area contributed by atoms with E-state index in [-0.39, 0.29) is 17.0 Å². The Morgan fingerprint density at radius 3 is 2.81 bits per heavy atom. The van der Waals surface area contributed by atoms with E-state index in [1.165, 1.54) is 23.1 Å². The Morgan fingerprint density at radius 1 is 1.43 bits per heavy atom. The number of urea groups is 1. The highest BCUT2D eigenvalue weighted by Gasteiger charge is 2.13. The normalized spacial score (nSPS) is 10.1. The number of hydrogen-bond acceptors (Lipinski definition) is 4. The Labute approximate surface area is 120 Å². The molecular formula is C13H14N4O4. The average molecular weight is 290 g/mol. The van der Waals surface area contributed by atoms with E-state index in [2.05, 4.69) is 15.5 Å². The molecule has 21 heavy (non-hydrogen) atoms. The van der Waals surface area contributed by atoms with Gasteiger partial charge >= 0.3 is 12.0 Å². The highest BCUT2D eigenvalue weighted by molar-refractivity contribution is 5.95. The van der Waals surface area contributed by atoms with Crippen molar-refractivity contribution in [3.8, 4) is 5.75 Å². The molecule has 2 amide bonds. The first-order chi connectivity index (χ1) is 9.97. The molecule has 4 N–H and O–H groups in total. The lowest BCUT2D eigenvalue weighted by Crippen LogP contribution is -2.30. The number of carbonyl (C=O) groups is 2. The van der Waals surface area contributed by atoms with E-state index < -0.39 is 12.0 Å². The molecule has 0 aliphatic carbocycles. The van der Waals surface area contributed by atoms with Crippen LogP contribution < -0.4 is 5.32 Å². The molecule has 0 saturated heterocycles. The van der Waals surface area contributed by atoms with Gasteiger partial charge in [-0.3, -0.25) is 5.10 Å². The number of carbonyl (C=O) groups excluding carboxylic acids is 1. The fourth-order valence-corrected chi connectivity index (χ4v) is 1.71. The summed E-state index contributed by atoms with van der Waals surface area (Å²) in [5.41, 5.74) is 0.851. The molecule has 0 unspecified atom stereocenters. The second-order valence-electron chi connectivity index (χ2n) is 4.43. The number of hydrogen-bond donors (Lipinski definition) is 4. The summed E-state index contributed by atoms with van der Waals surface area (Å²) in [5.74, 6) is -1.62. The van der Waals surface area contributed by atoms with E-state index in [9.17, 15) is 14.7 Å². The largest absolute Gasteiger partial charge is 0.507 e. The standard InChI is InChI=1S/C13H14N4O4/c1-17(7-8-5-14-15-6-8)13(21)16-9-2-3-11(18)10(4-9)12(19)20/h2-6,18H,7H2,1H3,(H,14,15)(H,16,21)(H,19,20). The number of aromatic amines is 1. The first-order valence-electron chi connectivity index (χ1n) is 6.03. The van der Waals surface area contributed by atoms with Crippen molar-refractivity contribution in [2.24, 2.45) is 0 Å². The van der Waals surface area contributed by atoms with Crippen LogP contribution in [0.3, 0.4) is 0 Å². The zero-order valence-electron chi connectivity index (χ0n) is 11.2. The number of amides is 2. The fraction of sp³-hybridized carbons (Fsp3) is 0.154. The lowest BCUT2D eigenvalue weighted by Gasteiger charge is -2.17. The van der Waals surface area contributed by atoms with Crippen LogP contribution in [0.15, 0.2) is 30.6 Å². The number of aromatic nitrogens is 2. The second kappa shape index (κ2) is 5.95. The van der Waals surface area contributed by atoms with Crippen LogP contribution in [0.1, 0.15) is 15.9 Å². The van der Waals surface area contributed by atoms with Crippen LogP contribution in [0.4, 0.5) is 10.5 Å². The van der Waals surface area contributed by atoms with Gasteiger partial charge in [0.2, 0.25) is 0 Å². The Kier molecular flexibility index (Phi) is 4.07. The van der Waals surface area contributed by atoms with Gasteiger partial charge in [0.15, 0.2) is 0 Å². The molecule has 0 bridgehead atoms. The molecule has 0 fully saturated rings. The number of carboxylic acids is 1. The van der Waals surface area contributed by atoms with Crippen molar-refractivity contribution < 1.29 is 19.8 Å². The van der Waals surface area contributed by atoms with Crippen molar-refractivity contribution in [3.63, 3.8) is 0 Å². The van der Waals surface area contributed by atoms with Crippen LogP contribution in [-0.2, 0) is 6.54 Å². The van der Waals surface area contributed by atoms with Gasteiger partial charge < -0.3 is 20.4 Å². The van der Waals surface area contributed by atoms with E-state index in [4.69, 9.17) is 5.11 Å². The lowest BCUT2D eigenvalue weighted by molar-refractivity contribution is 0.0693. The molecule has 0 atom stereocenters. The van der Waals surface area contributed by atoms with Gasteiger partial charge in [-0.25, -0.2) is 9.59 Å². The van der Waals surface area contributed by atoms with E-state index in [0.717, 1.165) is 5.56 Å².